The molecule has 0 aliphatic heterocycles. The lowest BCUT2D eigenvalue weighted by molar-refractivity contribution is -0.384. The van der Waals surface area contributed by atoms with E-state index in [0.29, 0.717) is 5.69 Å². The highest BCUT2D eigenvalue weighted by atomic mass is 35.5. The van der Waals surface area contributed by atoms with E-state index in [0.717, 1.165) is 5.56 Å². The molecule has 0 bridgehead atoms. The van der Waals surface area contributed by atoms with Crippen molar-refractivity contribution in [2.24, 2.45) is 16.5 Å². The van der Waals surface area contributed by atoms with Crippen molar-refractivity contribution in [3.63, 3.8) is 0 Å². The lowest BCUT2D eigenvalue weighted by Crippen LogP contribution is -2.22. The van der Waals surface area contributed by atoms with Crippen molar-refractivity contribution in [2.45, 2.75) is 6.92 Å². The zero-order valence-electron chi connectivity index (χ0n) is 8.01. The Morgan fingerprint density at radius 2 is 2.07 bits per heavy atom. The fraction of sp³-hybridized carbons (Fsp3) is 0.125. The Labute approximate surface area is 92.5 Å². The van der Waals surface area contributed by atoms with Gasteiger partial charge in [0.2, 0.25) is 0 Å². The number of nitro groups is 1. The first kappa shape index (κ1) is 13.2. The summed E-state index contributed by atoms with van der Waals surface area (Å²) in [5, 5.41) is 10.4. The van der Waals surface area contributed by atoms with Crippen molar-refractivity contribution in [1.82, 2.24) is 0 Å². The van der Waals surface area contributed by atoms with Crippen LogP contribution in [0.1, 0.15) is 5.56 Å². The standard InChI is InChI=1S/C8H10N4O2.ClH/c1-5-2-3-6(12(13)14)4-7(5)11-8(9)10;/h2-4H,1H3,(H4,9,10,11);1H. The van der Waals surface area contributed by atoms with Crippen molar-refractivity contribution < 1.29 is 4.92 Å². The lowest BCUT2D eigenvalue weighted by Gasteiger charge is -1.99. The van der Waals surface area contributed by atoms with Gasteiger partial charge in [-0.05, 0) is 12.5 Å². The predicted octanol–water partition coefficient (Wildman–Crippen LogP) is 1.23. The molecule has 1 aromatic carbocycles. The molecule has 0 saturated carbocycles. The SMILES string of the molecule is Cc1ccc([N+](=O)[O-])cc1N=C(N)N.Cl. The molecular formula is C8H11ClN4O2. The van der Waals surface area contributed by atoms with Crippen LogP contribution in [0.5, 0.6) is 0 Å². The summed E-state index contributed by atoms with van der Waals surface area (Å²) in [7, 11) is 0. The number of guanidine groups is 1. The minimum Gasteiger partial charge on any atom is -0.370 e. The van der Waals surface area contributed by atoms with Crippen LogP contribution in [0.2, 0.25) is 0 Å². The van der Waals surface area contributed by atoms with Crippen LogP contribution in [0, 0.1) is 17.0 Å². The number of halogens is 1. The van der Waals surface area contributed by atoms with Gasteiger partial charge in [0.15, 0.2) is 5.96 Å². The third kappa shape index (κ3) is 3.43. The van der Waals surface area contributed by atoms with Gasteiger partial charge in [-0.1, -0.05) is 6.07 Å². The van der Waals surface area contributed by atoms with E-state index < -0.39 is 4.92 Å². The van der Waals surface area contributed by atoms with Gasteiger partial charge in [-0.15, -0.1) is 12.4 Å². The number of nitrogens with two attached hydrogens (primary N) is 2. The molecule has 0 aliphatic rings. The quantitative estimate of drug-likeness (QED) is 0.345. The second-order valence-corrected chi connectivity index (χ2v) is 2.76. The zero-order chi connectivity index (χ0) is 10.7. The summed E-state index contributed by atoms with van der Waals surface area (Å²) in [5.41, 5.74) is 11.5. The van der Waals surface area contributed by atoms with E-state index in [1.54, 1.807) is 13.0 Å². The van der Waals surface area contributed by atoms with E-state index in [9.17, 15) is 10.1 Å². The lowest BCUT2D eigenvalue weighted by atomic mass is 10.2. The molecule has 0 aliphatic carbocycles. The normalized spacial score (nSPS) is 8.87. The van der Waals surface area contributed by atoms with Gasteiger partial charge in [0.05, 0.1) is 10.6 Å². The van der Waals surface area contributed by atoms with Gasteiger partial charge in [0.25, 0.3) is 5.69 Å². The highest BCUT2D eigenvalue weighted by Crippen LogP contribution is 2.23. The third-order valence-electron chi connectivity index (χ3n) is 1.65. The molecule has 0 unspecified atom stereocenters. The maximum Gasteiger partial charge on any atom is 0.271 e. The smallest absolute Gasteiger partial charge is 0.271 e. The van der Waals surface area contributed by atoms with Crippen LogP contribution in [0.15, 0.2) is 23.2 Å². The summed E-state index contributed by atoms with van der Waals surface area (Å²) in [5.74, 6) is -0.117. The highest BCUT2D eigenvalue weighted by Gasteiger charge is 2.07. The summed E-state index contributed by atoms with van der Waals surface area (Å²) in [6.07, 6.45) is 0. The minimum atomic E-state index is -0.495. The Hall–Kier alpha value is -1.82. The van der Waals surface area contributed by atoms with Crippen LogP contribution in [-0.2, 0) is 0 Å². The van der Waals surface area contributed by atoms with Crippen LogP contribution in [0.25, 0.3) is 0 Å². The first-order valence-electron chi connectivity index (χ1n) is 3.85. The largest absolute Gasteiger partial charge is 0.370 e. The van der Waals surface area contributed by atoms with Gasteiger partial charge in [0, 0.05) is 12.1 Å². The Balaban J connectivity index is 0.00000196. The van der Waals surface area contributed by atoms with Crippen LogP contribution < -0.4 is 11.5 Å². The molecule has 0 heterocycles. The zero-order valence-corrected chi connectivity index (χ0v) is 8.82. The molecule has 0 spiro atoms. The molecular weight excluding hydrogens is 220 g/mol. The van der Waals surface area contributed by atoms with Crippen molar-refractivity contribution in [1.29, 1.82) is 0 Å². The number of rotatable bonds is 2. The molecule has 0 amide bonds. The molecule has 0 fully saturated rings. The number of hydrogen-bond acceptors (Lipinski definition) is 3. The van der Waals surface area contributed by atoms with E-state index in [2.05, 4.69) is 4.99 Å². The van der Waals surface area contributed by atoms with E-state index in [1.165, 1.54) is 12.1 Å². The van der Waals surface area contributed by atoms with Gasteiger partial charge in [-0.25, -0.2) is 4.99 Å². The van der Waals surface area contributed by atoms with E-state index in [-0.39, 0.29) is 24.1 Å². The van der Waals surface area contributed by atoms with Gasteiger partial charge in [0.1, 0.15) is 0 Å². The number of nitro benzene ring substituents is 1. The van der Waals surface area contributed by atoms with Crippen LogP contribution in [0.3, 0.4) is 0 Å². The fourth-order valence-electron chi connectivity index (χ4n) is 0.971. The average Bonchev–Trinajstić information content (AvgIpc) is 2.07. The van der Waals surface area contributed by atoms with Gasteiger partial charge >= 0.3 is 0 Å². The number of non-ortho nitro benzene ring substituents is 1. The number of hydrogen-bond donors (Lipinski definition) is 2. The highest BCUT2D eigenvalue weighted by molar-refractivity contribution is 5.85. The number of aryl methyl sites for hydroxylation is 1. The van der Waals surface area contributed by atoms with Crippen molar-refractivity contribution in [3.8, 4) is 0 Å². The number of aliphatic imine (C=N–C) groups is 1. The number of benzene rings is 1. The van der Waals surface area contributed by atoms with Gasteiger partial charge < -0.3 is 11.5 Å². The van der Waals surface area contributed by atoms with E-state index >= 15 is 0 Å². The molecule has 0 atom stereocenters. The second-order valence-electron chi connectivity index (χ2n) is 2.76. The minimum absolute atomic E-state index is 0. The average molecular weight is 231 g/mol. The fourth-order valence-corrected chi connectivity index (χ4v) is 0.971. The predicted molar refractivity (Wildman–Crippen MR) is 60.6 cm³/mol. The van der Waals surface area contributed by atoms with Crippen LogP contribution >= 0.6 is 12.4 Å². The van der Waals surface area contributed by atoms with Crippen molar-refractivity contribution >= 4 is 29.7 Å². The van der Waals surface area contributed by atoms with Gasteiger partial charge in [-0.3, -0.25) is 10.1 Å². The number of nitrogens with zero attached hydrogens (tertiary/aromatic N) is 2. The Morgan fingerprint density at radius 3 is 2.53 bits per heavy atom. The topological polar surface area (TPSA) is 108 Å². The third-order valence-corrected chi connectivity index (χ3v) is 1.65. The summed E-state index contributed by atoms with van der Waals surface area (Å²) >= 11 is 0. The molecule has 7 heteroatoms. The van der Waals surface area contributed by atoms with E-state index in [4.69, 9.17) is 11.5 Å². The maximum atomic E-state index is 10.4. The maximum absolute atomic E-state index is 10.4. The first-order chi connectivity index (χ1) is 6.50. The molecule has 6 nitrogen and oxygen atoms in total. The van der Waals surface area contributed by atoms with Gasteiger partial charge in [-0.2, -0.15) is 0 Å². The Bertz CT molecular complexity index is 402. The Morgan fingerprint density at radius 1 is 1.47 bits per heavy atom. The second kappa shape index (κ2) is 5.16. The monoisotopic (exact) mass is 230 g/mol. The molecule has 82 valence electrons. The molecule has 0 saturated heterocycles. The molecule has 1 rings (SSSR count). The molecule has 0 aromatic heterocycles. The first-order valence-corrected chi connectivity index (χ1v) is 3.85. The summed E-state index contributed by atoms with van der Waals surface area (Å²) in [4.78, 5) is 13.7. The molecule has 1 aromatic rings. The van der Waals surface area contributed by atoms with Crippen molar-refractivity contribution in [2.75, 3.05) is 0 Å². The van der Waals surface area contributed by atoms with Crippen molar-refractivity contribution in [3.05, 3.63) is 33.9 Å². The van der Waals surface area contributed by atoms with E-state index in [1.807, 2.05) is 0 Å². The summed E-state index contributed by atoms with van der Waals surface area (Å²) in [6, 6.07) is 4.33. The van der Waals surface area contributed by atoms with Crippen LogP contribution in [0.4, 0.5) is 11.4 Å². The molecule has 15 heavy (non-hydrogen) atoms. The Kier molecular flexibility index (Phi) is 4.53. The molecule has 0 radical (unpaired) electrons. The summed E-state index contributed by atoms with van der Waals surface area (Å²) < 4.78 is 0. The summed E-state index contributed by atoms with van der Waals surface area (Å²) in [6.45, 7) is 1.77. The van der Waals surface area contributed by atoms with Crippen LogP contribution in [-0.4, -0.2) is 10.9 Å². The molecule has 4 N–H and O–H groups in total.